The molecule has 0 unspecified atom stereocenters. The molecule has 0 aliphatic heterocycles. The highest BCUT2D eigenvalue weighted by Crippen LogP contribution is 2.22. The number of nitrogens with one attached hydrogen (secondary N) is 1. The van der Waals surface area contributed by atoms with E-state index >= 15 is 0 Å². The van der Waals surface area contributed by atoms with E-state index < -0.39 is 0 Å². The van der Waals surface area contributed by atoms with Crippen LogP contribution >= 0.6 is 12.2 Å². The Balaban J connectivity index is 2.58. The van der Waals surface area contributed by atoms with E-state index in [1.54, 1.807) is 6.20 Å². The van der Waals surface area contributed by atoms with Crippen LogP contribution in [0.1, 0.15) is 26.6 Å². The topological polar surface area (TPSA) is 41.6 Å². The summed E-state index contributed by atoms with van der Waals surface area (Å²) >= 11 is 5.20. The van der Waals surface area contributed by atoms with Crippen LogP contribution in [0.3, 0.4) is 0 Å². The van der Waals surface area contributed by atoms with Crippen molar-refractivity contribution in [2.24, 2.45) is 0 Å². The molecule has 0 fully saturated rings. The number of nitrogens with zero attached hydrogens (tertiary/aromatic N) is 2. The third-order valence-corrected chi connectivity index (χ3v) is 2.63. The fourth-order valence-corrected chi connectivity index (χ4v) is 1.70. The first kappa shape index (κ1) is 11.9. The van der Waals surface area contributed by atoms with Crippen LogP contribution in [0.5, 0.6) is 0 Å². The van der Waals surface area contributed by atoms with Crippen molar-refractivity contribution in [2.75, 3.05) is 0 Å². The summed E-state index contributed by atoms with van der Waals surface area (Å²) in [6.07, 6.45) is 3.57. The Labute approximate surface area is 106 Å². The molecule has 88 valence electrons. The van der Waals surface area contributed by atoms with Crippen molar-refractivity contribution < 1.29 is 0 Å². The second-order valence-electron chi connectivity index (χ2n) is 4.97. The lowest BCUT2D eigenvalue weighted by atomic mass is 9.95. The van der Waals surface area contributed by atoms with Gasteiger partial charge in [-0.2, -0.15) is 0 Å². The lowest BCUT2D eigenvalue weighted by Crippen LogP contribution is -2.16. The molecule has 0 atom stereocenters. The molecule has 2 heterocycles. The number of rotatable bonds is 1. The summed E-state index contributed by atoms with van der Waals surface area (Å²) in [6, 6.07) is 5.77. The van der Waals surface area contributed by atoms with Crippen LogP contribution in [0, 0.1) is 4.64 Å². The van der Waals surface area contributed by atoms with Gasteiger partial charge in [-0.05, 0) is 18.2 Å². The summed E-state index contributed by atoms with van der Waals surface area (Å²) < 4.78 is 0.604. The molecule has 2 aromatic rings. The van der Waals surface area contributed by atoms with Crippen molar-refractivity contribution in [1.82, 2.24) is 15.0 Å². The highest BCUT2D eigenvalue weighted by molar-refractivity contribution is 7.71. The van der Waals surface area contributed by atoms with Gasteiger partial charge < -0.3 is 4.98 Å². The average molecular weight is 245 g/mol. The van der Waals surface area contributed by atoms with Gasteiger partial charge in [0.1, 0.15) is 10.5 Å². The van der Waals surface area contributed by atoms with Crippen LogP contribution in [0.2, 0.25) is 0 Å². The van der Waals surface area contributed by atoms with Gasteiger partial charge in [-0.3, -0.25) is 4.98 Å². The molecule has 0 saturated carbocycles. The predicted molar refractivity (Wildman–Crippen MR) is 71.4 cm³/mol. The molecule has 17 heavy (non-hydrogen) atoms. The summed E-state index contributed by atoms with van der Waals surface area (Å²) in [7, 11) is 0. The number of hydrogen-bond acceptors (Lipinski definition) is 3. The van der Waals surface area contributed by atoms with Gasteiger partial charge in [0.05, 0.1) is 5.69 Å². The SMILES string of the molecule is CC(C)(C)c1nc(=S)cc(-c2cccnc2)[nH]1. The first-order valence-electron chi connectivity index (χ1n) is 5.49. The molecule has 0 spiro atoms. The van der Waals surface area contributed by atoms with Crippen molar-refractivity contribution in [2.45, 2.75) is 26.2 Å². The quantitative estimate of drug-likeness (QED) is 0.782. The average Bonchev–Trinajstić information content (AvgIpc) is 2.28. The zero-order valence-corrected chi connectivity index (χ0v) is 11.0. The number of pyridine rings is 1. The van der Waals surface area contributed by atoms with Gasteiger partial charge in [-0.1, -0.05) is 33.0 Å². The summed E-state index contributed by atoms with van der Waals surface area (Å²) in [4.78, 5) is 11.8. The lowest BCUT2D eigenvalue weighted by Gasteiger charge is -2.18. The van der Waals surface area contributed by atoms with Gasteiger partial charge in [0.15, 0.2) is 0 Å². The standard InChI is InChI=1S/C13H15N3S/c1-13(2,3)12-15-10(7-11(17)16-12)9-5-4-6-14-8-9/h4-8H,1-3H3,(H,15,16,17). The Morgan fingerprint density at radius 1 is 1.29 bits per heavy atom. The number of aromatic nitrogens is 3. The molecule has 3 nitrogen and oxygen atoms in total. The Bertz CT molecular complexity index is 567. The van der Waals surface area contributed by atoms with Crippen LogP contribution < -0.4 is 0 Å². The Kier molecular flexibility index (Phi) is 3.07. The molecule has 2 rings (SSSR count). The third-order valence-electron chi connectivity index (χ3n) is 2.43. The van der Waals surface area contributed by atoms with E-state index in [1.165, 1.54) is 0 Å². The fraction of sp³-hybridized carbons (Fsp3) is 0.308. The van der Waals surface area contributed by atoms with Crippen LogP contribution in [0.25, 0.3) is 11.3 Å². The number of hydrogen-bond donors (Lipinski definition) is 1. The maximum absolute atomic E-state index is 5.20. The summed E-state index contributed by atoms with van der Waals surface area (Å²) in [6.45, 7) is 6.31. The van der Waals surface area contributed by atoms with Gasteiger partial charge >= 0.3 is 0 Å². The largest absolute Gasteiger partial charge is 0.343 e. The molecule has 0 bridgehead atoms. The minimum Gasteiger partial charge on any atom is -0.343 e. The van der Waals surface area contributed by atoms with Gasteiger partial charge in [0, 0.05) is 23.4 Å². The first-order chi connectivity index (χ1) is 7.97. The molecule has 2 aromatic heterocycles. The van der Waals surface area contributed by atoms with E-state index in [1.807, 2.05) is 24.4 Å². The van der Waals surface area contributed by atoms with Gasteiger partial charge in [-0.15, -0.1) is 0 Å². The van der Waals surface area contributed by atoms with Crippen LogP contribution in [-0.2, 0) is 5.41 Å². The summed E-state index contributed by atoms with van der Waals surface area (Å²) in [5, 5.41) is 0. The van der Waals surface area contributed by atoms with Crippen molar-refractivity contribution in [3.63, 3.8) is 0 Å². The molecule has 0 aromatic carbocycles. The van der Waals surface area contributed by atoms with E-state index in [0.717, 1.165) is 17.1 Å². The first-order valence-corrected chi connectivity index (χ1v) is 5.90. The van der Waals surface area contributed by atoms with Gasteiger partial charge in [-0.25, -0.2) is 4.98 Å². The smallest absolute Gasteiger partial charge is 0.130 e. The van der Waals surface area contributed by atoms with Crippen molar-refractivity contribution in [3.8, 4) is 11.3 Å². The Hall–Kier alpha value is -1.55. The molecule has 0 aliphatic rings. The maximum atomic E-state index is 5.20. The monoisotopic (exact) mass is 245 g/mol. The fourth-order valence-electron chi connectivity index (χ4n) is 1.49. The third kappa shape index (κ3) is 2.77. The van der Waals surface area contributed by atoms with Crippen LogP contribution in [-0.4, -0.2) is 15.0 Å². The van der Waals surface area contributed by atoms with Crippen LogP contribution in [0.15, 0.2) is 30.6 Å². The van der Waals surface area contributed by atoms with Crippen molar-refractivity contribution in [1.29, 1.82) is 0 Å². The molecule has 0 aliphatic carbocycles. The summed E-state index contributed by atoms with van der Waals surface area (Å²) in [5.74, 6) is 0.892. The second kappa shape index (κ2) is 4.37. The molecule has 0 radical (unpaired) electrons. The molecular weight excluding hydrogens is 230 g/mol. The van der Waals surface area contributed by atoms with E-state index in [2.05, 4.69) is 35.7 Å². The zero-order valence-electron chi connectivity index (χ0n) is 10.2. The Morgan fingerprint density at radius 2 is 2.06 bits per heavy atom. The molecule has 1 N–H and O–H groups in total. The Morgan fingerprint density at radius 3 is 2.65 bits per heavy atom. The second-order valence-corrected chi connectivity index (χ2v) is 5.39. The van der Waals surface area contributed by atoms with Crippen molar-refractivity contribution >= 4 is 12.2 Å². The highest BCUT2D eigenvalue weighted by Gasteiger charge is 2.17. The maximum Gasteiger partial charge on any atom is 0.130 e. The minimum absolute atomic E-state index is 0.0498. The van der Waals surface area contributed by atoms with E-state index in [0.29, 0.717) is 4.64 Å². The molecule has 0 amide bonds. The lowest BCUT2D eigenvalue weighted by molar-refractivity contribution is 0.545. The van der Waals surface area contributed by atoms with E-state index in [-0.39, 0.29) is 5.41 Å². The van der Waals surface area contributed by atoms with Crippen molar-refractivity contribution in [3.05, 3.63) is 41.1 Å². The van der Waals surface area contributed by atoms with Crippen LogP contribution in [0.4, 0.5) is 0 Å². The highest BCUT2D eigenvalue weighted by atomic mass is 32.1. The summed E-state index contributed by atoms with van der Waals surface area (Å²) in [5.41, 5.74) is 1.93. The predicted octanol–water partition coefficient (Wildman–Crippen LogP) is 3.50. The van der Waals surface area contributed by atoms with Gasteiger partial charge in [0.25, 0.3) is 0 Å². The van der Waals surface area contributed by atoms with E-state index in [9.17, 15) is 0 Å². The number of H-pyrrole nitrogens is 1. The normalized spacial score (nSPS) is 11.5. The van der Waals surface area contributed by atoms with Gasteiger partial charge in [0.2, 0.25) is 0 Å². The molecular formula is C13H15N3S. The molecule has 4 heteroatoms. The van der Waals surface area contributed by atoms with E-state index in [4.69, 9.17) is 12.2 Å². The molecule has 0 saturated heterocycles. The minimum atomic E-state index is -0.0498. The number of aromatic amines is 1. The zero-order chi connectivity index (χ0) is 12.5.